The number of nitrogens with one attached hydrogen (secondary N) is 1. The molecule has 7 nitrogen and oxygen atoms in total. The second-order valence-corrected chi connectivity index (χ2v) is 11.3. The summed E-state index contributed by atoms with van der Waals surface area (Å²) in [5.41, 5.74) is 1.93. The molecule has 0 aliphatic rings. The lowest BCUT2D eigenvalue weighted by molar-refractivity contribution is -0.140. The molecule has 0 saturated carbocycles. The molecule has 2 aromatic carbocycles. The molecule has 36 heavy (non-hydrogen) atoms. The van der Waals surface area contributed by atoms with Crippen LogP contribution in [-0.4, -0.2) is 50.5 Å². The predicted octanol–water partition coefficient (Wildman–Crippen LogP) is 5.05. The van der Waals surface area contributed by atoms with E-state index >= 15 is 0 Å². The second kappa shape index (κ2) is 13.9. The number of para-hydroxylation sites is 1. The molecule has 1 atom stereocenters. The molecule has 0 aliphatic heterocycles. The van der Waals surface area contributed by atoms with Crippen LogP contribution in [0.25, 0.3) is 0 Å². The fraction of sp³-hybridized carbons (Fsp3) is 0.462. The summed E-state index contributed by atoms with van der Waals surface area (Å²) in [5, 5.41) is 3.61. The van der Waals surface area contributed by atoms with Gasteiger partial charge in [0, 0.05) is 13.1 Å². The number of benzene rings is 2. The van der Waals surface area contributed by atoms with Crippen molar-refractivity contribution in [3.8, 4) is 0 Å². The van der Waals surface area contributed by atoms with Crippen LogP contribution in [0.15, 0.2) is 42.5 Å². The highest BCUT2D eigenvalue weighted by molar-refractivity contribution is 7.92. The molecule has 2 rings (SSSR count). The van der Waals surface area contributed by atoms with Gasteiger partial charge in [-0.3, -0.25) is 13.9 Å². The van der Waals surface area contributed by atoms with Gasteiger partial charge in [-0.2, -0.15) is 0 Å². The number of anilines is 1. The molecule has 1 N–H and O–H groups in total. The molecule has 0 spiro atoms. The monoisotopic (exact) mass is 555 g/mol. The number of sulfonamides is 1. The molecule has 10 heteroatoms. The molecule has 2 aromatic rings. The molecular formula is C26H35Cl2N3O4S. The van der Waals surface area contributed by atoms with E-state index in [0.717, 1.165) is 29.0 Å². The first-order valence-electron chi connectivity index (χ1n) is 12.1. The second-order valence-electron chi connectivity index (χ2n) is 8.59. The number of carbonyl (C=O) groups is 2. The third kappa shape index (κ3) is 8.11. The number of amides is 2. The van der Waals surface area contributed by atoms with Gasteiger partial charge in [-0.05, 0) is 48.6 Å². The lowest BCUT2D eigenvalue weighted by atomic mass is 10.1. The van der Waals surface area contributed by atoms with Gasteiger partial charge in [-0.1, -0.05) is 74.7 Å². The smallest absolute Gasteiger partial charge is 0.244 e. The van der Waals surface area contributed by atoms with Crippen molar-refractivity contribution in [1.82, 2.24) is 10.2 Å². The lowest BCUT2D eigenvalue weighted by Crippen LogP contribution is -2.52. The minimum atomic E-state index is -3.79. The molecule has 0 fully saturated rings. The van der Waals surface area contributed by atoms with Crippen LogP contribution in [0.2, 0.25) is 10.0 Å². The maximum atomic E-state index is 13.7. The summed E-state index contributed by atoms with van der Waals surface area (Å²) in [5.74, 6) is -0.769. The maximum absolute atomic E-state index is 13.7. The number of unbranched alkanes of at least 4 members (excludes halogenated alkanes) is 1. The Hall–Kier alpha value is -2.29. The van der Waals surface area contributed by atoms with E-state index < -0.39 is 28.5 Å². The van der Waals surface area contributed by atoms with E-state index in [-0.39, 0.29) is 12.5 Å². The van der Waals surface area contributed by atoms with Crippen LogP contribution < -0.4 is 9.62 Å². The van der Waals surface area contributed by atoms with Crippen molar-refractivity contribution in [2.24, 2.45) is 0 Å². The summed E-state index contributed by atoms with van der Waals surface area (Å²) in [7, 11) is -3.79. The molecule has 0 heterocycles. The summed E-state index contributed by atoms with van der Waals surface area (Å²) >= 11 is 12.2. The highest BCUT2D eigenvalue weighted by Crippen LogP contribution is 2.26. The van der Waals surface area contributed by atoms with Gasteiger partial charge in [-0.25, -0.2) is 8.42 Å². The zero-order chi connectivity index (χ0) is 26.9. The van der Waals surface area contributed by atoms with Crippen LogP contribution in [0.4, 0.5) is 5.69 Å². The summed E-state index contributed by atoms with van der Waals surface area (Å²) in [4.78, 5) is 28.2. The van der Waals surface area contributed by atoms with Crippen LogP contribution in [0.1, 0.15) is 51.2 Å². The molecule has 198 valence electrons. The maximum Gasteiger partial charge on any atom is 0.244 e. The van der Waals surface area contributed by atoms with Gasteiger partial charge < -0.3 is 10.2 Å². The minimum Gasteiger partial charge on any atom is -0.354 e. The number of aryl methyl sites for hydroxylation is 1. The predicted molar refractivity (Wildman–Crippen MR) is 147 cm³/mol. The van der Waals surface area contributed by atoms with E-state index in [4.69, 9.17) is 23.2 Å². The van der Waals surface area contributed by atoms with Crippen LogP contribution in [-0.2, 0) is 32.6 Å². The van der Waals surface area contributed by atoms with E-state index in [2.05, 4.69) is 5.32 Å². The summed E-state index contributed by atoms with van der Waals surface area (Å²) in [6.07, 6.45) is 3.77. The highest BCUT2D eigenvalue weighted by atomic mass is 35.5. The first-order chi connectivity index (χ1) is 17.0. The van der Waals surface area contributed by atoms with Gasteiger partial charge in [0.2, 0.25) is 21.8 Å². The van der Waals surface area contributed by atoms with E-state index in [0.29, 0.717) is 40.7 Å². The SMILES string of the molecule is CCCCNC(=O)[C@H](CC)N(Cc1ccc(Cl)c(Cl)c1)C(=O)CN(c1ccccc1CC)S(C)(=O)=O. The normalized spacial score (nSPS) is 12.2. The van der Waals surface area contributed by atoms with E-state index in [9.17, 15) is 18.0 Å². The number of hydrogen-bond acceptors (Lipinski definition) is 4. The average Bonchev–Trinajstić information content (AvgIpc) is 2.83. The van der Waals surface area contributed by atoms with Gasteiger partial charge in [0.05, 0.1) is 22.0 Å². The third-order valence-corrected chi connectivity index (χ3v) is 7.74. The molecule has 0 aliphatic carbocycles. The van der Waals surface area contributed by atoms with Crippen molar-refractivity contribution < 1.29 is 18.0 Å². The van der Waals surface area contributed by atoms with Gasteiger partial charge >= 0.3 is 0 Å². The Labute approximate surface area is 224 Å². The Morgan fingerprint density at radius 3 is 2.31 bits per heavy atom. The fourth-order valence-corrected chi connectivity index (χ4v) is 5.11. The van der Waals surface area contributed by atoms with Gasteiger partial charge in [0.25, 0.3) is 0 Å². The van der Waals surface area contributed by atoms with Gasteiger partial charge in [0.15, 0.2) is 0 Å². The van der Waals surface area contributed by atoms with Gasteiger partial charge in [0.1, 0.15) is 12.6 Å². The summed E-state index contributed by atoms with van der Waals surface area (Å²) in [6, 6.07) is 11.3. The quantitative estimate of drug-likeness (QED) is 0.350. The van der Waals surface area contributed by atoms with Gasteiger partial charge in [-0.15, -0.1) is 0 Å². The van der Waals surface area contributed by atoms with Crippen molar-refractivity contribution in [1.29, 1.82) is 0 Å². The molecule has 0 aromatic heterocycles. The van der Waals surface area contributed by atoms with Crippen molar-refractivity contribution in [3.63, 3.8) is 0 Å². The molecule has 0 saturated heterocycles. The fourth-order valence-electron chi connectivity index (χ4n) is 3.91. The number of hydrogen-bond donors (Lipinski definition) is 1. The van der Waals surface area contributed by atoms with Crippen molar-refractivity contribution in [2.75, 3.05) is 23.7 Å². The number of rotatable bonds is 13. The van der Waals surface area contributed by atoms with Crippen molar-refractivity contribution in [3.05, 3.63) is 63.6 Å². The standard InChI is InChI=1S/C26H35Cl2N3O4S/c1-5-8-15-29-26(33)23(7-3)30(17-19-13-14-21(27)22(28)16-19)25(32)18-31(36(4,34)35)24-12-10-9-11-20(24)6-2/h9-14,16,23H,5-8,15,17-18H2,1-4H3,(H,29,33)/t23-/m0/s1. The topological polar surface area (TPSA) is 86.8 Å². The largest absolute Gasteiger partial charge is 0.354 e. The first kappa shape index (κ1) is 29.9. The van der Waals surface area contributed by atoms with Crippen LogP contribution in [0.3, 0.4) is 0 Å². The zero-order valence-electron chi connectivity index (χ0n) is 21.3. The summed E-state index contributed by atoms with van der Waals surface area (Å²) < 4.78 is 26.7. The van der Waals surface area contributed by atoms with Crippen LogP contribution in [0.5, 0.6) is 0 Å². The van der Waals surface area contributed by atoms with Crippen molar-refractivity contribution >= 4 is 50.7 Å². The minimum absolute atomic E-state index is 0.0719. The Morgan fingerprint density at radius 1 is 1.03 bits per heavy atom. The molecule has 0 unspecified atom stereocenters. The van der Waals surface area contributed by atoms with Crippen LogP contribution >= 0.6 is 23.2 Å². The zero-order valence-corrected chi connectivity index (χ0v) is 23.6. The molecular weight excluding hydrogens is 521 g/mol. The Morgan fingerprint density at radius 2 is 1.72 bits per heavy atom. The molecule has 2 amide bonds. The van der Waals surface area contributed by atoms with Crippen molar-refractivity contribution in [2.45, 2.75) is 59.0 Å². The lowest BCUT2D eigenvalue weighted by Gasteiger charge is -2.33. The summed E-state index contributed by atoms with van der Waals surface area (Å²) in [6.45, 7) is 5.90. The number of nitrogens with zero attached hydrogens (tertiary/aromatic N) is 2. The number of halogens is 2. The molecule has 0 radical (unpaired) electrons. The van der Waals surface area contributed by atoms with E-state index in [1.165, 1.54) is 4.90 Å². The van der Waals surface area contributed by atoms with E-state index in [1.807, 2.05) is 32.9 Å². The average molecular weight is 557 g/mol. The first-order valence-corrected chi connectivity index (χ1v) is 14.7. The Balaban J connectivity index is 2.46. The molecule has 0 bridgehead atoms. The third-order valence-electron chi connectivity index (χ3n) is 5.87. The Kier molecular flexibility index (Phi) is 11.5. The van der Waals surface area contributed by atoms with E-state index in [1.54, 1.807) is 30.3 Å². The highest BCUT2D eigenvalue weighted by Gasteiger charge is 2.32. The number of carbonyl (C=O) groups excluding carboxylic acids is 2. The Bertz CT molecular complexity index is 1160. The van der Waals surface area contributed by atoms with Crippen LogP contribution in [0, 0.1) is 0 Å².